The van der Waals surface area contributed by atoms with Gasteiger partial charge in [0.25, 0.3) is 5.56 Å². The second-order valence-corrected chi connectivity index (χ2v) is 12.7. The van der Waals surface area contributed by atoms with Gasteiger partial charge in [-0.1, -0.05) is 12.0 Å². The Balaban J connectivity index is 1.29. The molecular formula is C34H35FN6O3. The van der Waals surface area contributed by atoms with E-state index >= 15 is 0 Å². The van der Waals surface area contributed by atoms with E-state index in [4.69, 9.17) is 18.9 Å². The number of nitrogens with one attached hydrogen (secondary N) is 1. The lowest BCUT2D eigenvalue weighted by molar-refractivity contribution is 0.170. The van der Waals surface area contributed by atoms with Crippen molar-refractivity contribution in [2.45, 2.75) is 50.6 Å². The van der Waals surface area contributed by atoms with Gasteiger partial charge < -0.3 is 25.0 Å². The fraction of sp³-hybridized carbons (Fsp3) is 0.441. The van der Waals surface area contributed by atoms with Crippen molar-refractivity contribution in [2.24, 2.45) is 5.41 Å². The van der Waals surface area contributed by atoms with Gasteiger partial charge in [-0.05, 0) is 75.2 Å². The molecule has 2 bridgehead atoms. The van der Waals surface area contributed by atoms with Gasteiger partial charge in [0.2, 0.25) is 0 Å². The second kappa shape index (κ2) is 10.5. The highest BCUT2D eigenvalue weighted by Gasteiger charge is 2.45. The first-order valence-corrected chi connectivity index (χ1v) is 15.4. The number of hydrogen-bond acceptors (Lipinski definition) is 8. The Hall–Kier alpha value is -4.20. The van der Waals surface area contributed by atoms with Gasteiger partial charge in [0.15, 0.2) is 0 Å². The molecule has 9 nitrogen and oxygen atoms in total. The minimum Gasteiger partial charge on any atom is -0.508 e. The van der Waals surface area contributed by atoms with Crippen LogP contribution >= 0.6 is 0 Å². The molecule has 2 aromatic carbocycles. The van der Waals surface area contributed by atoms with Gasteiger partial charge in [0, 0.05) is 54.8 Å². The molecule has 10 heteroatoms. The van der Waals surface area contributed by atoms with E-state index in [2.05, 4.69) is 26.0 Å². The van der Waals surface area contributed by atoms with Gasteiger partial charge in [-0.2, -0.15) is 9.97 Å². The van der Waals surface area contributed by atoms with Crippen molar-refractivity contribution in [3.8, 4) is 29.8 Å². The van der Waals surface area contributed by atoms with Crippen molar-refractivity contribution in [3.05, 3.63) is 58.3 Å². The minimum absolute atomic E-state index is 0.0235. The zero-order valence-corrected chi connectivity index (χ0v) is 24.4. The topological polar surface area (TPSA) is 95.8 Å². The maximum Gasteiger partial charge on any atom is 0.319 e. The van der Waals surface area contributed by atoms with Crippen molar-refractivity contribution in [2.75, 3.05) is 44.2 Å². The Bertz CT molecular complexity index is 1980. The number of benzene rings is 2. The lowest BCUT2D eigenvalue weighted by Gasteiger charge is -2.46. The number of aromatic nitrogens is 3. The summed E-state index contributed by atoms with van der Waals surface area (Å²) in [7, 11) is 0. The number of phenolic OH excluding ortho intramolecular Hbond substituents is 1. The van der Waals surface area contributed by atoms with Crippen molar-refractivity contribution in [3.63, 3.8) is 0 Å². The Kier molecular flexibility index (Phi) is 5.98. The monoisotopic (exact) mass is 596 g/mol. The highest BCUT2D eigenvalue weighted by Crippen LogP contribution is 2.47. The number of halogens is 1. The van der Waals surface area contributed by atoms with Gasteiger partial charge >= 0.3 is 6.01 Å². The van der Waals surface area contributed by atoms with E-state index in [1.165, 1.54) is 28.8 Å². The zero-order chi connectivity index (χ0) is 31.8. The van der Waals surface area contributed by atoms with Gasteiger partial charge in [-0.3, -0.25) is 9.36 Å². The molecule has 4 saturated heterocycles. The van der Waals surface area contributed by atoms with Crippen LogP contribution in [0.15, 0.2) is 41.3 Å². The maximum absolute atomic E-state index is 14.9. The van der Waals surface area contributed by atoms with Crippen LogP contribution in [-0.4, -0.2) is 75.9 Å². The number of terminal acetylenes is 1. The number of likely N-dealkylation sites (tertiary alicyclic amines) is 1. The fourth-order valence-corrected chi connectivity index (χ4v) is 7.21. The maximum atomic E-state index is 14.9. The molecule has 5 fully saturated rings. The molecule has 0 radical (unpaired) electrons. The van der Waals surface area contributed by atoms with Gasteiger partial charge in [-0.25, -0.2) is 4.39 Å². The summed E-state index contributed by atoms with van der Waals surface area (Å²) >= 11 is 0. The lowest BCUT2D eigenvalue weighted by atomic mass is 9.93. The predicted octanol–water partition coefficient (Wildman–Crippen LogP) is 3.96. The highest BCUT2D eigenvalue weighted by atomic mass is 19.1. The van der Waals surface area contributed by atoms with Crippen LogP contribution in [0.4, 0.5) is 10.2 Å². The molecule has 1 saturated carbocycles. The quantitative estimate of drug-likeness (QED) is 0.310. The number of fused-ring (bicyclic) bond motifs is 5. The number of pyridine rings is 1. The molecule has 2 N–H and O–H groups in total. The van der Waals surface area contributed by atoms with E-state index in [1.54, 1.807) is 12.3 Å². The molecule has 226 valence electrons. The average Bonchev–Trinajstić information content (AvgIpc) is 3.67. The average molecular weight is 597 g/mol. The number of ether oxygens (including phenoxy) is 1. The van der Waals surface area contributed by atoms with Crippen molar-refractivity contribution in [1.82, 2.24) is 24.8 Å². The van der Waals surface area contributed by atoms with Crippen molar-refractivity contribution >= 4 is 27.5 Å². The number of anilines is 1. The summed E-state index contributed by atoms with van der Waals surface area (Å²) in [5.41, 5.74) is -1.01. The van der Waals surface area contributed by atoms with Crippen LogP contribution in [0.25, 0.3) is 27.4 Å². The summed E-state index contributed by atoms with van der Waals surface area (Å²) < 4.78 is 40.3. The molecule has 9 rings (SSSR count). The van der Waals surface area contributed by atoms with E-state index in [0.717, 1.165) is 45.3 Å². The fourth-order valence-electron chi connectivity index (χ4n) is 7.21. The van der Waals surface area contributed by atoms with Crippen LogP contribution < -0.4 is 20.5 Å². The highest BCUT2D eigenvalue weighted by molar-refractivity contribution is 5.97. The van der Waals surface area contributed by atoms with Crippen LogP contribution in [0, 0.1) is 23.6 Å². The molecule has 2 aromatic heterocycles. The largest absolute Gasteiger partial charge is 0.508 e. The van der Waals surface area contributed by atoms with E-state index in [-0.39, 0.29) is 40.6 Å². The summed E-state index contributed by atoms with van der Waals surface area (Å²) in [4.78, 5) is 28.2. The summed E-state index contributed by atoms with van der Waals surface area (Å²) in [6, 6.07) is 7.55. The van der Waals surface area contributed by atoms with E-state index in [1.807, 2.05) is 0 Å². The summed E-state index contributed by atoms with van der Waals surface area (Å²) in [6.45, 7) is 1.92. The van der Waals surface area contributed by atoms with Crippen LogP contribution in [0.5, 0.6) is 11.8 Å². The number of piperidine rings is 2. The lowest BCUT2D eigenvalue weighted by Crippen LogP contribution is -2.61. The third kappa shape index (κ3) is 4.66. The zero-order valence-electron chi connectivity index (χ0n) is 26.4. The molecule has 4 aliphatic heterocycles. The third-order valence-electron chi connectivity index (χ3n) is 9.71. The number of aromatic hydroxyl groups is 1. The Morgan fingerprint density at radius 3 is 2.75 bits per heavy atom. The molecule has 4 aromatic rings. The first kappa shape index (κ1) is 25.2. The molecule has 2 atom stereocenters. The molecule has 6 heterocycles. The molecule has 0 amide bonds. The summed E-state index contributed by atoms with van der Waals surface area (Å²) in [6.07, 6.45) is 12.9. The van der Waals surface area contributed by atoms with Crippen molar-refractivity contribution in [1.29, 1.82) is 0 Å². The number of rotatable bonds is 7. The molecule has 1 aliphatic carbocycles. The summed E-state index contributed by atoms with van der Waals surface area (Å²) in [5, 5.41) is 15.4. The standard InChI is InChI=1S/C34H35FN6O3/c1-2-25-27(35)8-5-21-15-24(42)16-28(29(21)25)40-14-9-26-30(32(40)43)37-33(38-31(26)41-18-22-6-7-23(41)17-36-22)44-20-34(10-11-34)19-39-12-3-4-13-39/h1,5,8-9,14-16,22-23,36,42H,3-4,6-7,10-13,17-20H2/i20D2. The van der Waals surface area contributed by atoms with Crippen LogP contribution in [0.3, 0.4) is 0 Å². The van der Waals surface area contributed by atoms with Crippen LogP contribution in [0.2, 0.25) is 0 Å². The number of piperazine rings is 1. The predicted molar refractivity (Wildman–Crippen MR) is 167 cm³/mol. The first-order chi connectivity index (χ1) is 22.2. The first-order valence-electron chi connectivity index (χ1n) is 16.4. The van der Waals surface area contributed by atoms with E-state index in [0.29, 0.717) is 47.9 Å². The molecular weight excluding hydrogens is 559 g/mol. The SMILES string of the molecule is [2H]C([2H])(Oc1nc(N2CC3CCC2CN3)c2ccn(-c3cc(O)cc4ccc(F)c(C#C)c34)c(=O)c2n1)C1(CN2CCCC2)CC1. The second-order valence-electron chi connectivity index (χ2n) is 12.7. The van der Waals surface area contributed by atoms with Crippen molar-refractivity contribution < 1.29 is 17.0 Å². The van der Waals surface area contributed by atoms with Gasteiger partial charge in [-0.15, -0.1) is 6.42 Å². The van der Waals surface area contributed by atoms with Crippen LogP contribution in [-0.2, 0) is 0 Å². The van der Waals surface area contributed by atoms with Gasteiger partial charge in [0.1, 0.15) is 22.9 Å². The molecule has 5 aliphatic rings. The number of nitrogens with zero attached hydrogens (tertiary/aromatic N) is 5. The Morgan fingerprint density at radius 1 is 1.20 bits per heavy atom. The molecule has 2 unspecified atom stereocenters. The summed E-state index contributed by atoms with van der Waals surface area (Å²) in [5.74, 6) is 2.19. The normalized spacial score (nSPS) is 23.5. The van der Waals surface area contributed by atoms with E-state index < -0.39 is 23.4 Å². The smallest absolute Gasteiger partial charge is 0.319 e. The number of hydrogen-bond donors (Lipinski definition) is 2. The number of phenols is 1. The van der Waals surface area contributed by atoms with Gasteiger partial charge in [0.05, 0.1) is 25.9 Å². The Labute approximate surface area is 257 Å². The van der Waals surface area contributed by atoms with Crippen LogP contribution in [0.1, 0.15) is 46.8 Å². The molecule has 44 heavy (non-hydrogen) atoms. The third-order valence-corrected chi connectivity index (χ3v) is 9.71. The Morgan fingerprint density at radius 2 is 2.05 bits per heavy atom. The molecule has 0 spiro atoms. The van der Waals surface area contributed by atoms with E-state index in [9.17, 15) is 14.3 Å². The minimum atomic E-state index is -2.06.